The minimum atomic E-state index is 0.0591. The molecule has 180 valence electrons. The van der Waals surface area contributed by atoms with E-state index >= 15 is 0 Å². The third-order valence-electron chi connectivity index (χ3n) is 8.40. The summed E-state index contributed by atoms with van der Waals surface area (Å²) < 4.78 is 5.47. The van der Waals surface area contributed by atoms with E-state index in [2.05, 4.69) is 48.4 Å². The highest BCUT2D eigenvalue weighted by Gasteiger charge is 2.54. The monoisotopic (exact) mass is 462 g/mol. The molecule has 2 aromatic rings. The largest absolute Gasteiger partial charge is 0.504 e. The Labute approximate surface area is 201 Å². The van der Waals surface area contributed by atoms with Crippen molar-refractivity contribution in [1.82, 2.24) is 0 Å². The lowest BCUT2D eigenvalue weighted by molar-refractivity contribution is 0.101. The van der Waals surface area contributed by atoms with Gasteiger partial charge in [-0.3, -0.25) is 0 Å². The van der Waals surface area contributed by atoms with Gasteiger partial charge in [-0.15, -0.1) is 0 Å². The van der Waals surface area contributed by atoms with Crippen molar-refractivity contribution in [2.45, 2.75) is 58.5 Å². The molecule has 2 saturated carbocycles. The summed E-state index contributed by atoms with van der Waals surface area (Å²) in [6, 6.07) is 12.1. The molecule has 0 aliphatic heterocycles. The standard InChI is InChI=1S/C28H34N2O4/c1-17-5-7-18(8-6-17)16-34-29-24-13-21-19(20-15-26(32-3)25(31)14-22(20)24)11-12-28(2)23(21)9-10-27(28)30-33-4/h5-8,14-15,19,21,23,31H,9-13,16H2,1-4H3/t19-,21-,23+,28+/m1/s1. The van der Waals surface area contributed by atoms with E-state index in [9.17, 15) is 5.11 Å². The Hall–Kier alpha value is -3.02. The van der Waals surface area contributed by atoms with E-state index in [1.807, 2.05) is 6.07 Å². The van der Waals surface area contributed by atoms with E-state index < -0.39 is 0 Å². The Morgan fingerprint density at radius 3 is 2.62 bits per heavy atom. The van der Waals surface area contributed by atoms with Crippen LogP contribution >= 0.6 is 0 Å². The molecule has 0 radical (unpaired) electrons. The summed E-state index contributed by atoms with van der Waals surface area (Å²) in [5.41, 5.74) is 6.66. The third kappa shape index (κ3) is 3.83. The van der Waals surface area contributed by atoms with E-state index in [0.29, 0.717) is 30.1 Å². The Kier molecular flexibility index (Phi) is 6.00. The van der Waals surface area contributed by atoms with Gasteiger partial charge >= 0.3 is 0 Å². The lowest BCUT2D eigenvalue weighted by atomic mass is 9.55. The number of methoxy groups -OCH3 is 1. The molecular formula is C28H34N2O4. The van der Waals surface area contributed by atoms with Gasteiger partial charge in [0.1, 0.15) is 13.7 Å². The van der Waals surface area contributed by atoms with Crippen LogP contribution in [-0.4, -0.2) is 30.7 Å². The number of fused-ring (bicyclic) bond motifs is 5. The SMILES string of the molecule is CON=C1CC[C@H]2[C@@H]3CC(=NOCc4ccc(C)cc4)c4cc(O)c(OC)cc4[C@H]3CC[C@]12C. The molecule has 34 heavy (non-hydrogen) atoms. The van der Waals surface area contributed by atoms with E-state index in [4.69, 9.17) is 14.4 Å². The second kappa shape index (κ2) is 8.97. The van der Waals surface area contributed by atoms with Crippen molar-refractivity contribution >= 4 is 11.4 Å². The van der Waals surface area contributed by atoms with Crippen molar-refractivity contribution in [3.8, 4) is 11.5 Å². The first-order valence-electron chi connectivity index (χ1n) is 12.2. The van der Waals surface area contributed by atoms with Crippen molar-refractivity contribution in [2.75, 3.05) is 14.2 Å². The van der Waals surface area contributed by atoms with Gasteiger partial charge in [0.25, 0.3) is 0 Å². The lowest BCUT2D eigenvalue weighted by Gasteiger charge is -2.49. The van der Waals surface area contributed by atoms with Gasteiger partial charge in [-0.25, -0.2) is 0 Å². The smallest absolute Gasteiger partial charge is 0.160 e. The predicted molar refractivity (Wildman–Crippen MR) is 133 cm³/mol. The number of phenolic OH excluding ortho intramolecular Hbond substituents is 1. The third-order valence-corrected chi connectivity index (χ3v) is 8.40. The van der Waals surface area contributed by atoms with Crippen LogP contribution in [0.3, 0.4) is 0 Å². The van der Waals surface area contributed by atoms with Gasteiger partial charge in [-0.05, 0) is 80.0 Å². The molecule has 0 heterocycles. The van der Waals surface area contributed by atoms with Crippen LogP contribution in [0.15, 0.2) is 46.7 Å². The van der Waals surface area contributed by atoms with Crippen molar-refractivity contribution in [1.29, 1.82) is 0 Å². The van der Waals surface area contributed by atoms with Gasteiger partial charge in [0.15, 0.2) is 11.5 Å². The molecule has 6 heteroatoms. The predicted octanol–water partition coefficient (Wildman–Crippen LogP) is 5.95. The average molecular weight is 463 g/mol. The molecule has 5 rings (SSSR count). The normalized spacial score (nSPS) is 29.9. The number of aromatic hydroxyl groups is 1. The van der Waals surface area contributed by atoms with Crippen LogP contribution in [-0.2, 0) is 16.3 Å². The summed E-state index contributed by atoms with van der Waals surface area (Å²) in [6.45, 7) is 4.85. The first kappa shape index (κ1) is 22.8. The molecule has 0 unspecified atom stereocenters. The molecule has 3 aliphatic rings. The fourth-order valence-electron chi connectivity index (χ4n) is 6.60. The summed E-state index contributed by atoms with van der Waals surface area (Å²) in [4.78, 5) is 11.1. The zero-order valence-corrected chi connectivity index (χ0v) is 20.5. The highest BCUT2D eigenvalue weighted by Crippen LogP contribution is 2.60. The number of benzene rings is 2. The number of phenols is 1. The molecule has 0 spiro atoms. The number of hydrogen-bond donors (Lipinski definition) is 1. The van der Waals surface area contributed by atoms with Crippen molar-refractivity contribution in [3.63, 3.8) is 0 Å². The number of hydrogen-bond acceptors (Lipinski definition) is 6. The molecule has 1 N–H and O–H groups in total. The molecular weight excluding hydrogens is 428 g/mol. The van der Waals surface area contributed by atoms with Crippen molar-refractivity contribution in [3.05, 3.63) is 58.7 Å². The van der Waals surface area contributed by atoms with Gasteiger partial charge in [0, 0.05) is 11.0 Å². The molecule has 6 nitrogen and oxygen atoms in total. The average Bonchev–Trinajstić information content (AvgIpc) is 3.16. The van der Waals surface area contributed by atoms with Crippen LogP contribution in [0, 0.1) is 24.2 Å². The fourth-order valence-corrected chi connectivity index (χ4v) is 6.60. The fraction of sp³-hybridized carbons (Fsp3) is 0.500. The van der Waals surface area contributed by atoms with Gasteiger partial charge < -0.3 is 19.5 Å². The minimum Gasteiger partial charge on any atom is -0.504 e. The molecule has 2 aromatic carbocycles. The van der Waals surface area contributed by atoms with E-state index in [0.717, 1.165) is 48.9 Å². The van der Waals surface area contributed by atoms with Crippen molar-refractivity contribution in [2.24, 2.45) is 27.6 Å². The summed E-state index contributed by atoms with van der Waals surface area (Å²) in [6.07, 6.45) is 5.08. The maximum atomic E-state index is 10.5. The zero-order chi connectivity index (χ0) is 23.9. The van der Waals surface area contributed by atoms with E-state index in [1.54, 1.807) is 20.3 Å². The molecule has 4 atom stereocenters. The molecule has 0 saturated heterocycles. The van der Waals surface area contributed by atoms with Gasteiger partial charge in [-0.1, -0.05) is 47.1 Å². The molecule has 2 fully saturated rings. The second-order valence-electron chi connectivity index (χ2n) is 10.2. The number of aryl methyl sites for hydroxylation is 1. The zero-order valence-electron chi connectivity index (χ0n) is 20.5. The van der Waals surface area contributed by atoms with Crippen LogP contribution in [0.5, 0.6) is 11.5 Å². The Balaban J connectivity index is 1.49. The molecule has 0 aromatic heterocycles. The van der Waals surface area contributed by atoms with Crippen LogP contribution in [0.2, 0.25) is 0 Å². The van der Waals surface area contributed by atoms with Gasteiger partial charge in [0.05, 0.1) is 18.5 Å². The summed E-state index contributed by atoms with van der Waals surface area (Å²) in [5, 5.41) is 19.6. The number of nitrogens with zero attached hydrogens (tertiary/aromatic N) is 2. The maximum absolute atomic E-state index is 10.5. The maximum Gasteiger partial charge on any atom is 0.160 e. The van der Waals surface area contributed by atoms with Crippen LogP contribution in [0.4, 0.5) is 0 Å². The Morgan fingerprint density at radius 2 is 1.88 bits per heavy atom. The topological polar surface area (TPSA) is 72.6 Å². The van der Waals surface area contributed by atoms with E-state index in [-0.39, 0.29) is 11.2 Å². The lowest BCUT2D eigenvalue weighted by Crippen LogP contribution is -2.43. The van der Waals surface area contributed by atoms with Crippen LogP contribution in [0.25, 0.3) is 0 Å². The number of rotatable bonds is 5. The quantitative estimate of drug-likeness (QED) is 0.558. The van der Waals surface area contributed by atoms with Crippen molar-refractivity contribution < 1.29 is 19.5 Å². The molecule has 3 aliphatic carbocycles. The van der Waals surface area contributed by atoms with Crippen LogP contribution in [0.1, 0.15) is 67.2 Å². The summed E-state index contributed by atoms with van der Waals surface area (Å²) >= 11 is 0. The first-order chi connectivity index (χ1) is 16.4. The second-order valence-corrected chi connectivity index (χ2v) is 10.2. The van der Waals surface area contributed by atoms with E-state index in [1.165, 1.54) is 16.8 Å². The summed E-state index contributed by atoms with van der Waals surface area (Å²) in [7, 11) is 3.24. The highest BCUT2D eigenvalue weighted by molar-refractivity contribution is 6.04. The number of ether oxygens (including phenoxy) is 1. The molecule has 0 bridgehead atoms. The minimum absolute atomic E-state index is 0.0591. The highest BCUT2D eigenvalue weighted by atomic mass is 16.6. The van der Waals surface area contributed by atoms with Gasteiger partial charge in [-0.2, -0.15) is 0 Å². The van der Waals surface area contributed by atoms with Crippen LogP contribution < -0.4 is 4.74 Å². The number of oxime groups is 2. The summed E-state index contributed by atoms with van der Waals surface area (Å²) in [5.74, 6) is 2.00. The Bertz CT molecular complexity index is 1120. The first-order valence-corrected chi connectivity index (χ1v) is 12.2. The van der Waals surface area contributed by atoms with Gasteiger partial charge in [0.2, 0.25) is 0 Å². The molecule has 0 amide bonds. The Morgan fingerprint density at radius 1 is 1.09 bits per heavy atom.